The molecule has 2 rings (SSSR count). The number of hydrogen-bond donors (Lipinski definition) is 1. The van der Waals surface area contributed by atoms with E-state index in [-0.39, 0.29) is 0 Å². The van der Waals surface area contributed by atoms with Gasteiger partial charge in [0.1, 0.15) is 0 Å². The van der Waals surface area contributed by atoms with Crippen molar-refractivity contribution in [2.24, 2.45) is 23.7 Å². The van der Waals surface area contributed by atoms with Crippen LogP contribution in [0.4, 0.5) is 0 Å². The first-order chi connectivity index (χ1) is 7.72. The summed E-state index contributed by atoms with van der Waals surface area (Å²) < 4.78 is 0. The van der Waals surface area contributed by atoms with Crippen molar-refractivity contribution in [1.82, 2.24) is 5.32 Å². The lowest BCUT2D eigenvalue weighted by molar-refractivity contribution is 0.180. The summed E-state index contributed by atoms with van der Waals surface area (Å²) in [6, 6.07) is 0.810. The van der Waals surface area contributed by atoms with Crippen LogP contribution in [0.15, 0.2) is 0 Å². The van der Waals surface area contributed by atoms with Crippen LogP contribution >= 0.6 is 0 Å². The van der Waals surface area contributed by atoms with Crippen LogP contribution in [0.2, 0.25) is 0 Å². The molecule has 2 fully saturated rings. The Balaban J connectivity index is 1.89. The fourth-order valence-corrected chi connectivity index (χ4v) is 3.58. The molecule has 1 nitrogen and oxygen atoms in total. The first-order valence-corrected chi connectivity index (χ1v) is 7.45. The monoisotopic (exact) mass is 223 g/mol. The van der Waals surface area contributed by atoms with Gasteiger partial charge in [-0.05, 0) is 55.9 Å². The largest absolute Gasteiger partial charge is 0.314 e. The zero-order chi connectivity index (χ0) is 11.5. The molecule has 16 heavy (non-hydrogen) atoms. The van der Waals surface area contributed by atoms with Crippen LogP contribution in [0.5, 0.6) is 0 Å². The van der Waals surface area contributed by atoms with Gasteiger partial charge in [-0.2, -0.15) is 0 Å². The van der Waals surface area contributed by atoms with Crippen LogP contribution in [0, 0.1) is 23.7 Å². The number of nitrogens with one attached hydrogen (secondary N) is 1. The van der Waals surface area contributed by atoms with Gasteiger partial charge in [0.25, 0.3) is 0 Å². The molecule has 0 aliphatic heterocycles. The van der Waals surface area contributed by atoms with Crippen molar-refractivity contribution in [3.05, 3.63) is 0 Å². The SMILES string of the molecule is CCNC(C1CCC(C)CC1)C(C)C1CC1. The maximum atomic E-state index is 3.79. The molecule has 2 unspecified atom stereocenters. The van der Waals surface area contributed by atoms with Crippen molar-refractivity contribution in [3.8, 4) is 0 Å². The summed E-state index contributed by atoms with van der Waals surface area (Å²) in [5, 5.41) is 3.79. The highest BCUT2D eigenvalue weighted by molar-refractivity contribution is 4.91. The van der Waals surface area contributed by atoms with Crippen molar-refractivity contribution < 1.29 is 0 Å². The summed E-state index contributed by atoms with van der Waals surface area (Å²) in [5.41, 5.74) is 0. The van der Waals surface area contributed by atoms with Gasteiger partial charge in [-0.15, -0.1) is 0 Å². The first-order valence-electron chi connectivity index (χ1n) is 7.45. The minimum atomic E-state index is 0.810. The third-order valence-electron chi connectivity index (χ3n) is 4.94. The number of hydrogen-bond acceptors (Lipinski definition) is 1. The summed E-state index contributed by atoms with van der Waals surface area (Å²) in [7, 11) is 0. The van der Waals surface area contributed by atoms with Crippen LogP contribution in [-0.2, 0) is 0 Å². The van der Waals surface area contributed by atoms with Gasteiger partial charge in [0, 0.05) is 6.04 Å². The predicted octanol–water partition coefficient (Wildman–Crippen LogP) is 3.84. The molecule has 0 aromatic heterocycles. The summed E-state index contributed by atoms with van der Waals surface area (Å²) in [6.07, 6.45) is 8.85. The zero-order valence-electron chi connectivity index (χ0n) is 11.3. The third-order valence-corrected chi connectivity index (χ3v) is 4.94. The van der Waals surface area contributed by atoms with Crippen molar-refractivity contribution in [1.29, 1.82) is 0 Å². The Hall–Kier alpha value is -0.0400. The molecule has 2 saturated carbocycles. The average molecular weight is 223 g/mol. The van der Waals surface area contributed by atoms with Gasteiger partial charge in [0.05, 0.1) is 0 Å². The quantitative estimate of drug-likeness (QED) is 0.747. The molecule has 2 atom stereocenters. The topological polar surface area (TPSA) is 12.0 Å². The van der Waals surface area contributed by atoms with E-state index in [1.54, 1.807) is 0 Å². The standard InChI is InChI=1S/C15H29N/c1-4-16-15(12(3)13-9-10-13)14-7-5-11(2)6-8-14/h11-16H,4-10H2,1-3H3. The van der Waals surface area contributed by atoms with E-state index in [4.69, 9.17) is 0 Å². The molecule has 0 saturated heterocycles. The van der Waals surface area contributed by atoms with Gasteiger partial charge in [-0.1, -0.05) is 33.6 Å². The highest BCUT2D eigenvalue weighted by Gasteiger charge is 2.37. The minimum absolute atomic E-state index is 0.810. The number of rotatable bonds is 5. The highest BCUT2D eigenvalue weighted by Crippen LogP contribution is 2.42. The molecular weight excluding hydrogens is 194 g/mol. The van der Waals surface area contributed by atoms with Crippen LogP contribution in [0.3, 0.4) is 0 Å². The molecule has 2 aliphatic rings. The van der Waals surface area contributed by atoms with E-state index < -0.39 is 0 Å². The van der Waals surface area contributed by atoms with Gasteiger partial charge in [-0.25, -0.2) is 0 Å². The van der Waals surface area contributed by atoms with Gasteiger partial charge >= 0.3 is 0 Å². The molecule has 94 valence electrons. The Morgan fingerprint density at radius 1 is 1.00 bits per heavy atom. The Morgan fingerprint density at radius 3 is 2.06 bits per heavy atom. The minimum Gasteiger partial charge on any atom is -0.314 e. The summed E-state index contributed by atoms with van der Waals surface area (Å²) >= 11 is 0. The second kappa shape index (κ2) is 5.53. The Labute approximate surface area is 101 Å². The summed E-state index contributed by atoms with van der Waals surface area (Å²) in [4.78, 5) is 0. The van der Waals surface area contributed by atoms with Crippen molar-refractivity contribution in [3.63, 3.8) is 0 Å². The Kier molecular flexibility index (Phi) is 4.29. The summed E-state index contributed by atoms with van der Waals surface area (Å²) in [6.45, 7) is 8.32. The van der Waals surface area contributed by atoms with E-state index in [1.165, 1.54) is 38.5 Å². The second-order valence-corrected chi connectivity index (χ2v) is 6.30. The molecule has 0 aromatic rings. The first kappa shape index (κ1) is 12.4. The third kappa shape index (κ3) is 3.00. The predicted molar refractivity (Wildman–Crippen MR) is 70.5 cm³/mol. The van der Waals surface area contributed by atoms with Crippen LogP contribution in [0.25, 0.3) is 0 Å². The maximum absolute atomic E-state index is 3.79. The van der Waals surface area contributed by atoms with Crippen molar-refractivity contribution >= 4 is 0 Å². The molecule has 0 amide bonds. The lowest BCUT2D eigenvalue weighted by atomic mass is 9.75. The van der Waals surface area contributed by atoms with Gasteiger partial charge in [-0.3, -0.25) is 0 Å². The van der Waals surface area contributed by atoms with Crippen molar-refractivity contribution in [2.75, 3.05) is 6.54 Å². The normalized spacial score (nSPS) is 34.7. The fourth-order valence-electron chi connectivity index (χ4n) is 3.58. The molecule has 0 aromatic carbocycles. The summed E-state index contributed by atoms with van der Waals surface area (Å²) in [5.74, 6) is 3.91. The molecule has 0 radical (unpaired) electrons. The van der Waals surface area contributed by atoms with Gasteiger partial charge in [0.15, 0.2) is 0 Å². The molecule has 2 aliphatic carbocycles. The molecule has 1 heteroatoms. The van der Waals surface area contributed by atoms with Crippen LogP contribution < -0.4 is 5.32 Å². The van der Waals surface area contributed by atoms with E-state index >= 15 is 0 Å². The lowest BCUT2D eigenvalue weighted by Gasteiger charge is -2.37. The average Bonchev–Trinajstić information content (AvgIpc) is 3.10. The highest BCUT2D eigenvalue weighted by atomic mass is 14.9. The van der Waals surface area contributed by atoms with E-state index in [1.807, 2.05) is 0 Å². The van der Waals surface area contributed by atoms with E-state index in [2.05, 4.69) is 26.1 Å². The Morgan fingerprint density at radius 2 is 1.56 bits per heavy atom. The van der Waals surface area contributed by atoms with E-state index in [9.17, 15) is 0 Å². The lowest BCUT2D eigenvalue weighted by Crippen LogP contribution is -2.43. The van der Waals surface area contributed by atoms with Gasteiger partial charge in [0.2, 0.25) is 0 Å². The maximum Gasteiger partial charge on any atom is 0.0123 e. The van der Waals surface area contributed by atoms with Crippen LogP contribution in [-0.4, -0.2) is 12.6 Å². The van der Waals surface area contributed by atoms with E-state index in [0.717, 1.165) is 36.3 Å². The smallest absolute Gasteiger partial charge is 0.0123 e. The molecule has 0 heterocycles. The molecule has 0 spiro atoms. The van der Waals surface area contributed by atoms with Crippen molar-refractivity contribution in [2.45, 2.75) is 65.3 Å². The molecular formula is C15H29N. The second-order valence-electron chi connectivity index (χ2n) is 6.30. The molecule has 1 N–H and O–H groups in total. The fraction of sp³-hybridized carbons (Fsp3) is 1.00. The Bertz CT molecular complexity index is 201. The zero-order valence-corrected chi connectivity index (χ0v) is 11.3. The van der Waals surface area contributed by atoms with E-state index in [0.29, 0.717) is 0 Å². The van der Waals surface area contributed by atoms with Crippen LogP contribution in [0.1, 0.15) is 59.3 Å². The van der Waals surface area contributed by atoms with Gasteiger partial charge < -0.3 is 5.32 Å². The molecule has 0 bridgehead atoms.